The fraction of sp³-hybridized carbons (Fsp3) is 1.00. The molecule has 0 atom stereocenters. The van der Waals surface area contributed by atoms with Gasteiger partial charge >= 0.3 is 0 Å². The van der Waals surface area contributed by atoms with Gasteiger partial charge in [-0.05, 0) is 32.1 Å². The Kier molecular flexibility index (Phi) is 1.74. The van der Waals surface area contributed by atoms with E-state index >= 15 is 0 Å². The molecule has 2 fully saturated rings. The predicted molar refractivity (Wildman–Crippen MR) is 49.0 cm³/mol. The standard InChI is InChI=1S/C10H19NO/c1-8(2)11-9-3-5-10(12,7-9)6-4-9/h8,11-12H,3-7H2,1-2H3. The molecular weight excluding hydrogens is 150 g/mol. The van der Waals surface area contributed by atoms with E-state index in [1.165, 1.54) is 12.8 Å². The molecule has 0 aliphatic heterocycles. The highest BCUT2D eigenvalue weighted by Gasteiger charge is 2.53. The Bertz CT molecular complexity index is 180. The Morgan fingerprint density at radius 2 is 1.75 bits per heavy atom. The Hall–Kier alpha value is -0.0800. The largest absolute Gasteiger partial charge is 0.390 e. The van der Waals surface area contributed by atoms with E-state index in [0.717, 1.165) is 19.3 Å². The molecule has 2 N–H and O–H groups in total. The molecule has 0 aromatic carbocycles. The third-order valence-electron chi connectivity index (χ3n) is 3.40. The highest BCUT2D eigenvalue weighted by molar-refractivity contribution is 5.10. The van der Waals surface area contributed by atoms with Crippen LogP contribution in [0.1, 0.15) is 46.0 Å². The maximum absolute atomic E-state index is 9.98. The molecular formula is C10H19NO. The summed E-state index contributed by atoms with van der Waals surface area (Å²) in [6.45, 7) is 4.37. The second-order valence-corrected chi connectivity index (χ2v) is 4.98. The van der Waals surface area contributed by atoms with Gasteiger partial charge in [0.05, 0.1) is 5.60 Å². The lowest BCUT2D eigenvalue weighted by molar-refractivity contribution is 0.0521. The van der Waals surface area contributed by atoms with Crippen molar-refractivity contribution in [3.8, 4) is 0 Å². The molecule has 2 bridgehead atoms. The fourth-order valence-electron chi connectivity index (χ4n) is 2.99. The van der Waals surface area contributed by atoms with Crippen LogP contribution in [0.25, 0.3) is 0 Å². The maximum Gasteiger partial charge on any atom is 0.0666 e. The highest BCUT2D eigenvalue weighted by Crippen LogP contribution is 2.50. The summed E-state index contributed by atoms with van der Waals surface area (Å²) in [6, 6.07) is 0.547. The normalized spacial score (nSPS) is 46.0. The van der Waals surface area contributed by atoms with Crippen molar-refractivity contribution in [3.05, 3.63) is 0 Å². The number of nitrogens with one attached hydrogen (secondary N) is 1. The van der Waals surface area contributed by atoms with E-state index in [1.807, 2.05) is 0 Å². The van der Waals surface area contributed by atoms with Gasteiger partial charge < -0.3 is 10.4 Å². The summed E-state index contributed by atoms with van der Waals surface area (Å²) < 4.78 is 0. The van der Waals surface area contributed by atoms with Gasteiger partial charge in [-0.1, -0.05) is 13.8 Å². The van der Waals surface area contributed by atoms with Gasteiger partial charge in [-0.2, -0.15) is 0 Å². The molecule has 0 unspecified atom stereocenters. The minimum atomic E-state index is -0.304. The lowest BCUT2D eigenvalue weighted by Crippen LogP contribution is -2.45. The lowest BCUT2D eigenvalue weighted by atomic mass is 9.92. The van der Waals surface area contributed by atoms with Crippen molar-refractivity contribution in [1.29, 1.82) is 0 Å². The molecule has 2 aliphatic carbocycles. The van der Waals surface area contributed by atoms with Crippen LogP contribution < -0.4 is 5.32 Å². The summed E-state index contributed by atoms with van der Waals surface area (Å²) in [6.07, 6.45) is 5.33. The van der Waals surface area contributed by atoms with Crippen molar-refractivity contribution in [2.75, 3.05) is 0 Å². The first-order valence-corrected chi connectivity index (χ1v) is 5.04. The summed E-state index contributed by atoms with van der Waals surface area (Å²) in [7, 11) is 0. The van der Waals surface area contributed by atoms with E-state index in [-0.39, 0.29) is 5.60 Å². The Labute approximate surface area is 74.4 Å². The number of aliphatic hydroxyl groups is 1. The van der Waals surface area contributed by atoms with Crippen LogP contribution in [0.5, 0.6) is 0 Å². The van der Waals surface area contributed by atoms with Crippen LogP contribution in [0.4, 0.5) is 0 Å². The van der Waals surface area contributed by atoms with Gasteiger partial charge in [0.25, 0.3) is 0 Å². The van der Waals surface area contributed by atoms with Crippen LogP contribution in [0.3, 0.4) is 0 Å². The summed E-state index contributed by atoms with van der Waals surface area (Å²) in [5.74, 6) is 0. The SMILES string of the molecule is CC(C)NC12CCC(O)(CC1)C2. The first kappa shape index (κ1) is 8.52. The number of hydrogen-bond acceptors (Lipinski definition) is 2. The van der Waals surface area contributed by atoms with Crippen molar-refractivity contribution in [1.82, 2.24) is 5.32 Å². The molecule has 0 amide bonds. The smallest absolute Gasteiger partial charge is 0.0666 e. The molecule has 70 valence electrons. The van der Waals surface area contributed by atoms with E-state index in [9.17, 15) is 5.11 Å². The zero-order chi connectivity index (χ0) is 8.82. The molecule has 0 aromatic heterocycles. The lowest BCUT2D eigenvalue weighted by Gasteiger charge is -2.30. The molecule has 0 heterocycles. The van der Waals surface area contributed by atoms with E-state index in [4.69, 9.17) is 0 Å². The van der Waals surface area contributed by atoms with Gasteiger partial charge in [0, 0.05) is 11.6 Å². The zero-order valence-electron chi connectivity index (χ0n) is 8.06. The van der Waals surface area contributed by atoms with Gasteiger partial charge in [-0.3, -0.25) is 0 Å². The Morgan fingerprint density at radius 3 is 2.08 bits per heavy atom. The molecule has 2 nitrogen and oxygen atoms in total. The third-order valence-corrected chi connectivity index (χ3v) is 3.40. The van der Waals surface area contributed by atoms with Gasteiger partial charge in [-0.15, -0.1) is 0 Å². The molecule has 2 aliphatic rings. The summed E-state index contributed by atoms with van der Waals surface area (Å²) in [4.78, 5) is 0. The monoisotopic (exact) mass is 169 g/mol. The first-order valence-electron chi connectivity index (χ1n) is 5.04. The average Bonchev–Trinajstić information content (AvgIpc) is 2.39. The second-order valence-electron chi connectivity index (χ2n) is 4.98. The maximum atomic E-state index is 9.98. The second kappa shape index (κ2) is 2.46. The number of hydrogen-bond donors (Lipinski definition) is 2. The van der Waals surface area contributed by atoms with Crippen LogP contribution in [0.15, 0.2) is 0 Å². The molecule has 0 radical (unpaired) electrons. The minimum Gasteiger partial charge on any atom is -0.390 e. The summed E-state index contributed by atoms with van der Waals surface area (Å²) >= 11 is 0. The molecule has 0 spiro atoms. The molecule has 2 rings (SSSR count). The van der Waals surface area contributed by atoms with Gasteiger partial charge in [0.1, 0.15) is 0 Å². The number of fused-ring (bicyclic) bond motifs is 2. The van der Waals surface area contributed by atoms with Crippen molar-refractivity contribution in [2.45, 2.75) is 63.1 Å². The van der Waals surface area contributed by atoms with E-state index in [0.29, 0.717) is 11.6 Å². The Balaban J connectivity index is 2.05. The Morgan fingerprint density at radius 1 is 1.17 bits per heavy atom. The van der Waals surface area contributed by atoms with Crippen LogP contribution >= 0.6 is 0 Å². The molecule has 12 heavy (non-hydrogen) atoms. The van der Waals surface area contributed by atoms with E-state index < -0.39 is 0 Å². The molecule has 2 saturated carbocycles. The van der Waals surface area contributed by atoms with Crippen LogP contribution in [-0.2, 0) is 0 Å². The highest BCUT2D eigenvalue weighted by atomic mass is 16.3. The number of rotatable bonds is 2. The van der Waals surface area contributed by atoms with Crippen molar-refractivity contribution in [3.63, 3.8) is 0 Å². The van der Waals surface area contributed by atoms with Gasteiger partial charge in [-0.25, -0.2) is 0 Å². The zero-order valence-corrected chi connectivity index (χ0v) is 8.06. The van der Waals surface area contributed by atoms with E-state index in [1.54, 1.807) is 0 Å². The summed E-state index contributed by atoms with van der Waals surface area (Å²) in [5.41, 5.74) is -0.00912. The molecule has 0 aromatic rings. The predicted octanol–water partition coefficient (Wildman–Crippen LogP) is 1.43. The van der Waals surface area contributed by atoms with Crippen molar-refractivity contribution < 1.29 is 5.11 Å². The van der Waals surface area contributed by atoms with Crippen LogP contribution in [-0.4, -0.2) is 22.3 Å². The topological polar surface area (TPSA) is 32.3 Å². The van der Waals surface area contributed by atoms with Crippen LogP contribution in [0.2, 0.25) is 0 Å². The van der Waals surface area contributed by atoms with Gasteiger partial charge in [0.2, 0.25) is 0 Å². The molecule has 2 heteroatoms. The average molecular weight is 169 g/mol. The summed E-state index contributed by atoms with van der Waals surface area (Å²) in [5, 5.41) is 13.6. The van der Waals surface area contributed by atoms with Crippen molar-refractivity contribution >= 4 is 0 Å². The minimum absolute atomic E-state index is 0.295. The van der Waals surface area contributed by atoms with Crippen molar-refractivity contribution in [2.24, 2.45) is 0 Å². The van der Waals surface area contributed by atoms with E-state index in [2.05, 4.69) is 19.2 Å². The quantitative estimate of drug-likeness (QED) is 0.655. The first-order chi connectivity index (χ1) is 5.54. The third kappa shape index (κ3) is 1.27. The van der Waals surface area contributed by atoms with Crippen LogP contribution in [0, 0.1) is 0 Å². The van der Waals surface area contributed by atoms with Gasteiger partial charge in [0.15, 0.2) is 0 Å². The fourth-order valence-corrected chi connectivity index (χ4v) is 2.99. The molecule has 0 saturated heterocycles.